The van der Waals surface area contributed by atoms with Crippen LogP contribution in [0.25, 0.3) is 111 Å². The fourth-order valence-electron chi connectivity index (χ4n) is 8.65. The lowest BCUT2D eigenvalue weighted by molar-refractivity contribution is 1.07. The fourth-order valence-corrected chi connectivity index (χ4v) is 8.65. The number of imidazole rings is 1. The van der Waals surface area contributed by atoms with Crippen LogP contribution in [0, 0.1) is 0 Å². The smallest absolute Gasteiger partial charge is 0.164 e. The first kappa shape index (κ1) is 32.3. The molecule has 270 valence electrons. The molecule has 58 heavy (non-hydrogen) atoms. The first-order valence-electron chi connectivity index (χ1n) is 19.5. The summed E-state index contributed by atoms with van der Waals surface area (Å²) >= 11 is 0. The zero-order valence-corrected chi connectivity index (χ0v) is 31.2. The Morgan fingerprint density at radius 1 is 0.293 bits per heavy atom. The van der Waals surface area contributed by atoms with Gasteiger partial charge >= 0.3 is 0 Å². The van der Waals surface area contributed by atoms with Crippen molar-refractivity contribution in [3.05, 3.63) is 194 Å². The predicted octanol–water partition coefficient (Wildman–Crippen LogP) is 12.7. The SMILES string of the molecule is c1ccc(-c2nc(-c3ccccc3)nc(-c3cccc(-c4cccc(-n5c6ccccc6c6cc7c8ccccc8n8c9ccccc9nc8c7cc65)c4)c3)n2)cc1. The summed E-state index contributed by atoms with van der Waals surface area (Å²) in [6.07, 6.45) is 0. The minimum atomic E-state index is 0.630. The van der Waals surface area contributed by atoms with Crippen molar-refractivity contribution in [1.29, 1.82) is 0 Å². The normalized spacial score (nSPS) is 11.8. The first-order chi connectivity index (χ1) is 28.7. The van der Waals surface area contributed by atoms with Crippen molar-refractivity contribution in [3.63, 3.8) is 0 Å². The van der Waals surface area contributed by atoms with Crippen molar-refractivity contribution >= 4 is 60.2 Å². The monoisotopic (exact) mass is 740 g/mol. The van der Waals surface area contributed by atoms with Gasteiger partial charge in [-0.15, -0.1) is 0 Å². The number of aromatic nitrogens is 6. The van der Waals surface area contributed by atoms with E-state index < -0.39 is 0 Å². The van der Waals surface area contributed by atoms with Crippen LogP contribution in [0.2, 0.25) is 0 Å². The summed E-state index contributed by atoms with van der Waals surface area (Å²) in [4.78, 5) is 20.1. The molecule has 0 radical (unpaired) electrons. The first-order valence-corrected chi connectivity index (χ1v) is 19.5. The second-order valence-electron chi connectivity index (χ2n) is 14.7. The summed E-state index contributed by atoms with van der Waals surface area (Å²) in [5.74, 6) is 1.92. The maximum atomic E-state index is 5.23. The largest absolute Gasteiger partial charge is 0.309 e. The molecule has 0 spiro atoms. The summed E-state index contributed by atoms with van der Waals surface area (Å²) in [6, 6.07) is 68.1. The Morgan fingerprint density at radius 2 is 0.828 bits per heavy atom. The molecule has 0 amide bonds. The molecule has 12 aromatic rings. The van der Waals surface area contributed by atoms with E-state index in [1.54, 1.807) is 0 Å². The van der Waals surface area contributed by atoms with Gasteiger partial charge in [-0.25, -0.2) is 19.9 Å². The summed E-state index contributed by atoms with van der Waals surface area (Å²) in [6.45, 7) is 0. The number of rotatable bonds is 5. The molecule has 6 heteroatoms. The lowest BCUT2D eigenvalue weighted by Crippen LogP contribution is -2.00. The van der Waals surface area contributed by atoms with Gasteiger partial charge in [-0.1, -0.05) is 140 Å². The summed E-state index contributed by atoms with van der Waals surface area (Å²) < 4.78 is 4.72. The third kappa shape index (κ3) is 5.05. The second kappa shape index (κ2) is 12.8. The van der Waals surface area contributed by atoms with E-state index in [9.17, 15) is 0 Å². The highest BCUT2D eigenvalue weighted by atomic mass is 15.0. The van der Waals surface area contributed by atoms with Crippen LogP contribution in [0.15, 0.2) is 194 Å². The van der Waals surface area contributed by atoms with Gasteiger partial charge in [0.05, 0.1) is 27.6 Å². The maximum Gasteiger partial charge on any atom is 0.164 e. The Bertz CT molecular complexity index is 3510. The average molecular weight is 741 g/mol. The van der Waals surface area contributed by atoms with Gasteiger partial charge in [-0.3, -0.25) is 4.40 Å². The molecule has 4 heterocycles. The number of nitrogens with zero attached hydrogens (tertiary/aromatic N) is 6. The lowest BCUT2D eigenvalue weighted by Gasteiger charge is -2.13. The minimum absolute atomic E-state index is 0.630. The van der Waals surface area contributed by atoms with Gasteiger partial charge in [0, 0.05) is 43.9 Å². The predicted molar refractivity (Wildman–Crippen MR) is 237 cm³/mol. The standard InChI is InChI=1S/C52H32N6/c1-3-15-33(16-4-1)49-54-50(34-17-5-2-6-18-34)56-51(55-49)37-21-13-19-35(29-37)36-20-14-22-38(30-36)57-45-26-10-8-24-40(45)42-31-41-39-23-7-11-27-46(39)58-47-28-12-9-25-44(47)53-52(58)43(41)32-48(42)57/h1-32H. The summed E-state index contributed by atoms with van der Waals surface area (Å²) in [5, 5.41) is 5.95. The molecule has 6 nitrogen and oxygen atoms in total. The van der Waals surface area contributed by atoms with Crippen molar-refractivity contribution in [2.75, 3.05) is 0 Å². The molecular formula is C52H32N6. The van der Waals surface area contributed by atoms with Crippen LogP contribution in [0.3, 0.4) is 0 Å². The number of hydrogen-bond acceptors (Lipinski definition) is 4. The molecule has 0 bridgehead atoms. The molecular weight excluding hydrogens is 709 g/mol. The number of pyridine rings is 1. The van der Waals surface area contributed by atoms with Crippen molar-refractivity contribution in [3.8, 4) is 51.0 Å². The van der Waals surface area contributed by atoms with E-state index in [1.165, 1.54) is 21.5 Å². The number of fused-ring (bicyclic) bond motifs is 11. The molecule has 0 fully saturated rings. The van der Waals surface area contributed by atoms with Crippen molar-refractivity contribution in [2.24, 2.45) is 0 Å². The topological polar surface area (TPSA) is 60.9 Å². The fraction of sp³-hybridized carbons (Fsp3) is 0. The van der Waals surface area contributed by atoms with Gasteiger partial charge in [0.25, 0.3) is 0 Å². The molecule has 0 N–H and O–H groups in total. The zero-order valence-electron chi connectivity index (χ0n) is 31.2. The van der Waals surface area contributed by atoms with Crippen molar-refractivity contribution < 1.29 is 0 Å². The van der Waals surface area contributed by atoms with Crippen LogP contribution in [0.1, 0.15) is 0 Å². The molecule has 0 aliphatic carbocycles. The van der Waals surface area contributed by atoms with Crippen LogP contribution < -0.4 is 0 Å². The van der Waals surface area contributed by atoms with E-state index in [0.717, 1.165) is 72.1 Å². The average Bonchev–Trinajstić information content (AvgIpc) is 3.85. The van der Waals surface area contributed by atoms with Crippen LogP contribution in [0.5, 0.6) is 0 Å². The molecule has 0 saturated carbocycles. The van der Waals surface area contributed by atoms with E-state index >= 15 is 0 Å². The van der Waals surface area contributed by atoms with Gasteiger partial charge in [-0.2, -0.15) is 0 Å². The summed E-state index contributed by atoms with van der Waals surface area (Å²) in [7, 11) is 0. The Hall–Kier alpha value is -7.96. The zero-order chi connectivity index (χ0) is 38.2. The highest BCUT2D eigenvalue weighted by Gasteiger charge is 2.19. The number of para-hydroxylation sites is 4. The van der Waals surface area contributed by atoms with Gasteiger partial charge in [-0.05, 0) is 71.1 Å². The molecule has 0 aliphatic heterocycles. The van der Waals surface area contributed by atoms with E-state index in [4.69, 9.17) is 19.9 Å². The Labute approximate surface area is 333 Å². The Kier molecular flexibility index (Phi) is 7.13. The molecule has 0 saturated heterocycles. The van der Waals surface area contributed by atoms with Crippen LogP contribution in [-0.2, 0) is 0 Å². The molecule has 0 unspecified atom stereocenters. The van der Waals surface area contributed by atoms with Gasteiger partial charge in [0.1, 0.15) is 5.65 Å². The van der Waals surface area contributed by atoms with E-state index in [2.05, 4.69) is 142 Å². The van der Waals surface area contributed by atoms with E-state index in [-0.39, 0.29) is 0 Å². The third-order valence-corrected chi connectivity index (χ3v) is 11.3. The number of hydrogen-bond donors (Lipinski definition) is 0. The highest BCUT2D eigenvalue weighted by molar-refractivity contribution is 6.21. The van der Waals surface area contributed by atoms with E-state index in [0.29, 0.717) is 17.5 Å². The molecule has 12 rings (SSSR count). The van der Waals surface area contributed by atoms with Gasteiger partial charge in [0.15, 0.2) is 17.5 Å². The molecule has 0 atom stereocenters. The number of benzene rings is 8. The molecule has 4 aromatic heterocycles. The third-order valence-electron chi connectivity index (χ3n) is 11.3. The maximum absolute atomic E-state index is 5.23. The Morgan fingerprint density at radius 3 is 1.55 bits per heavy atom. The van der Waals surface area contributed by atoms with Crippen molar-refractivity contribution in [1.82, 2.24) is 28.9 Å². The minimum Gasteiger partial charge on any atom is -0.309 e. The van der Waals surface area contributed by atoms with Crippen molar-refractivity contribution in [2.45, 2.75) is 0 Å². The van der Waals surface area contributed by atoms with Crippen LogP contribution in [-0.4, -0.2) is 28.9 Å². The summed E-state index contributed by atoms with van der Waals surface area (Å²) in [5.41, 5.74) is 12.6. The Balaban J connectivity index is 1.04. The molecule has 8 aromatic carbocycles. The lowest BCUT2D eigenvalue weighted by atomic mass is 10.0. The van der Waals surface area contributed by atoms with Crippen LogP contribution >= 0.6 is 0 Å². The van der Waals surface area contributed by atoms with Gasteiger partial charge in [0.2, 0.25) is 0 Å². The second-order valence-corrected chi connectivity index (χ2v) is 14.7. The highest BCUT2D eigenvalue weighted by Crippen LogP contribution is 2.40. The van der Waals surface area contributed by atoms with Crippen LogP contribution in [0.4, 0.5) is 0 Å². The molecule has 0 aliphatic rings. The van der Waals surface area contributed by atoms with E-state index in [1.807, 2.05) is 60.7 Å². The van der Waals surface area contributed by atoms with Gasteiger partial charge < -0.3 is 4.57 Å². The quantitative estimate of drug-likeness (QED) is 0.165.